The van der Waals surface area contributed by atoms with Crippen LogP contribution in [-0.2, 0) is 16.1 Å². The van der Waals surface area contributed by atoms with Crippen molar-refractivity contribution in [3.8, 4) is 0 Å². The van der Waals surface area contributed by atoms with Crippen LogP contribution >= 0.6 is 0 Å². The summed E-state index contributed by atoms with van der Waals surface area (Å²) in [7, 11) is 1.53. The van der Waals surface area contributed by atoms with Crippen molar-refractivity contribution in [2.45, 2.75) is 44.3 Å². The number of nitrogens with zero attached hydrogens (tertiary/aromatic N) is 4. The molecule has 8 heteroatoms. The number of ether oxygens (including phenoxy) is 1. The number of carbonyl (C=O) groups is 1. The third-order valence-corrected chi connectivity index (χ3v) is 4.78. The molecule has 0 spiro atoms. The number of hydrogen-bond acceptors (Lipinski definition) is 4. The minimum Gasteiger partial charge on any atom is -0.383 e. The molecule has 3 rings (SSSR count). The van der Waals surface area contributed by atoms with E-state index >= 15 is 0 Å². The van der Waals surface area contributed by atoms with Gasteiger partial charge in [0.05, 0.1) is 19.3 Å². The zero-order valence-corrected chi connectivity index (χ0v) is 14.1. The van der Waals surface area contributed by atoms with Crippen LogP contribution in [0.15, 0.2) is 12.4 Å². The molecule has 6 nitrogen and oxygen atoms in total. The fourth-order valence-corrected chi connectivity index (χ4v) is 3.52. The molecule has 0 aromatic carbocycles. The fraction of sp³-hybridized carbons (Fsp3) is 0.750. The number of hydrogen-bond donors (Lipinski definition) is 0. The molecule has 2 aliphatic heterocycles. The van der Waals surface area contributed by atoms with Crippen LogP contribution in [0.1, 0.15) is 18.4 Å². The topological polar surface area (TPSA) is 50.6 Å². The maximum absolute atomic E-state index is 13.7. The van der Waals surface area contributed by atoms with Gasteiger partial charge in [0.15, 0.2) is 0 Å². The predicted octanol–water partition coefficient (Wildman–Crippen LogP) is 1.15. The molecule has 0 radical (unpaired) electrons. The Morgan fingerprint density at radius 3 is 2.83 bits per heavy atom. The zero-order chi connectivity index (χ0) is 17.3. The molecule has 24 heavy (non-hydrogen) atoms. The van der Waals surface area contributed by atoms with Crippen LogP contribution in [0.4, 0.5) is 8.78 Å². The molecule has 0 bridgehead atoms. The van der Waals surface area contributed by atoms with E-state index in [-0.39, 0.29) is 31.0 Å². The van der Waals surface area contributed by atoms with Crippen molar-refractivity contribution in [2.75, 3.05) is 33.4 Å². The Bertz CT molecular complexity index is 586. The van der Waals surface area contributed by atoms with Crippen molar-refractivity contribution in [1.82, 2.24) is 19.6 Å². The average Bonchev–Trinajstić information content (AvgIpc) is 2.99. The summed E-state index contributed by atoms with van der Waals surface area (Å²) in [5.74, 6) is -2.61. The van der Waals surface area contributed by atoms with Crippen molar-refractivity contribution in [3.05, 3.63) is 18.0 Å². The molecule has 1 aromatic heterocycles. The molecule has 1 aromatic rings. The van der Waals surface area contributed by atoms with Gasteiger partial charge in [-0.15, -0.1) is 0 Å². The average molecular weight is 342 g/mol. The molecule has 0 N–H and O–H groups in total. The quantitative estimate of drug-likeness (QED) is 0.778. The first-order valence-electron chi connectivity index (χ1n) is 8.27. The zero-order valence-electron chi connectivity index (χ0n) is 14.1. The monoisotopic (exact) mass is 342 g/mol. The van der Waals surface area contributed by atoms with E-state index in [0.29, 0.717) is 32.7 Å². The number of aryl methyl sites for hydroxylation is 2. The van der Waals surface area contributed by atoms with Gasteiger partial charge < -0.3 is 9.64 Å². The van der Waals surface area contributed by atoms with Crippen LogP contribution in [0.5, 0.6) is 0 Å². The molecule has 1 atom stereocenters. The number of carbonyl (C=O) groups excluding carboxylic acids is 1. The van der Waals surface area contributed by atoms with E-state index < -0.39 is 5.92 Å². The largest absolute Gasteiger partial charge is 0.383 e. The lowest BCUT2D eigenvalue weighted by Gasteiger charge is -2.45. The van der Waals surface area contributed by atoms with Gasteiger partial charge in [-0.2, -0.15) is 5.10 Å². The van der Waals surface area contributed by atoms with E-state index in [0.717, 1.165) is 5.56 Å². The number of likely N-dealkylation sites (tertiary alicyclic amines) is 2. The highest BCUT2D eigenvalue weighted by atomic mass is 19.3. The first-order chi connectivity index (χ1) is 11.4. The lowest BCUT2D eigenvalue weighted by Crippen LogP contribution is -2.62. The lowest BCUT2D eigenvalue weighted by atomic mass is 10.1. The predicted molar refractivity (Wildman–Crippen MR) is 83.9 cm³/mol. The van der Waals surface area contributed by atoms with E-state index in [1.54, 1.807) is 15.8 Å². The Labute approximate surface area is 140 Å². The Morgan fingerprint density at radius 2 is 2.21 bits per heavy atom. The first kappa shape index (κ1) is 17.3. The summed E-state index contributed by atoms with van der Waals surface area (Å²) in [5, 5.41) is 4.16. The van der Waals surface area contributed by atoms with Crippen molar-refractivity contribution in [1.29, 1.82) is 0 Å². The van der Waals surface area contributed by atoms with E-state index in [9.17, 15) is 13.6 Å². The summed E-state index contributed by atoms with van der Waals surface area (Å²) in [6, 6.07) is -0.256. The normalized spacial score (nSPS) is 24.3. The second-order valence-electron chi connectivity index (χ2n) is 6.82. The van der Waals surface area contributed by atoms with Crippen molar-refractivity contribution < 1.29 is 18.3 Å². The molecule has 0 unspecified atom stereocenters. The summed E-state index contributed by atoms with van der Waals surface area (Å²) in [5.41, 5.74) is 1.06. The summed E-state index contributed by atoms with van der Waals surface area (Å²) in [6.07, 6.45) is 3.87. The standard InChI is InChI=1S/C16H24F2N4O2/c1-12-6-19-21(7-12)4-3-15(23)20-8-14(9-20)22-11-16(17,18)5-13(22)10-24-2/h6-7,13-14H,3-5,8-11H2,1-2H3/t13-/m0/s1. The van der Waals surface area contributed by atoms with Gasteiger partial charge in [-0.25, -0.2) is 8.78 Å². The highest BCUT2D eigenvalue weighted by Gasteiger charge is 2.50. The second-order valence-corrected chi connectivity index (χ2v) is 6.82. The smallest absolute Gasteiger partial charge is 0.262 e. The van der Waals surface area contributed by atoms with Gasteiger partial charge in [-0.05, 0) is 12.5 Å². The van der Waals surface area contributed by atoms with Gasteiger partial charge >= 0.3 is 0 Å². The number of amides is 1. The Morgan fingerprint density at radius 1 is 1.46 bits per heavy atom. The van der Waals surface area contributed by atoms with Crippen molar-refractivity contribution in [2.24, 2.45) is 0 Å². The molecule has 3 heterocycles. The number of rotatable bonds is 6. The van der Waals surface area contributed by atoms with E-state index in [1.807, 2.05) is 18.0 Å². The van der Waals surface area contributed by atoms with Gasteiger partial charge in [0, 0.05) is 57.9 Å². The Kier molecular flexibility index (Phi) is 4.87. The summed E-state index contributed by atoms with van der Waals surface area (Å²) < 4.78 is 34.2. The van der Waals surface area contributed by atoms with Crippen LogP contribution < -0.4 is 0 Å². The molecular formula is C16H24F2N4O2. The van der Waals surface area contributed by atoms with Gasteiger partial charge in [-0.3, -0.25) is 14.4 Å². The first-order valence-corrected chi connectivity index (χ1v) is 8.27. The molecule has 0 aliphatic carbocycles. The number of methoxy groups -OCH3 is 1. The van der Waals surface area contributed by atoms with E-state index in [1.165, 1.54) is 7.11 Å². The maximum Gasteiger partial charge on any atom is 0.262 e. The maximum atomic E-state index is 13.7. The molecule has 2 saturated heterocycles. The molecule has 1 amide bonds. The SMILES string of the molecule is COC[C@@H]1CC(F)(F)CN1C1CN(C(=O)CCn2cc(C)cn2)C1. The third-order valence-electron chi connectivity index (χ3n) is 4.78. The molecule has 134 valence electrons. The highest BCUT2D eigenvalue weighted by Crippen LogP contribution is 2.35. The van der Waals surface area contributed by atoms with Crippen molar-refractivity contribution >= 4 is 5.91 Å². The van der Waals surface area contributed by atoms with Crippen LogP contribution in [0.3, 0.4) is 0 Å². The van der Waals surface area contributed by atoms with Gasteiger partial charge in [-0.1, -0.05) is 0 Å². The number of aromatic nitrogens is 2. The van der Waals surface area contributed by atoms with Crippen LogP contribution in [0, 0.1) is 6.92 Å². The van der Waals surface area contributed by atoms with Crippen LogP contribution in [0.2, 0.25) is 0 Å². The summed E-state index contributed by atoms with van der Waals surface area (Å²) in [6.45, 7) is 3.61. The van der Waals surface area contributed by atoms with Gasteiger partial charge in [0.2, 0.25) is 5.91 Å². The third kappa shape index (κ3) is 3.75. The molecule has 0 saturated carbocycles. The lowest BCUT2D eigenvalue weighted by molar-refractivity contribution is -0.139. The van der Waals surface area contributed by atoms with Crippen LogP contribution in [-0.4, -0.2) is 76.8 Å². The number of halogens is 2. The van der Waals surface area contributed by atoms with E-state index in [4.69, 9.17) is 4.74 Å². The van der Waals surface area contributed by atoms with Crippen molar-refractivity contribution in [3.63, 3.8) is 0 Å². The fourth-order valence-electron chi connectivity index (χ4n) is 3.52. The van der Waals surface area contributed by atoms with E-state index in [2.05, 4.69) is 5.10 Å². The van der Waals surface area contributed by atoms with Crippen LogP contribution in [0.25, 0.3) is 0 Å². The molecule has 2 fully saturated rings. The van der Waals surface area contributed by atoms with Gasteiger partial charge in [0.25, 0.3) is 5.92 Å². The molecule has 2 aliphatic rings. The number of alkyl halides is 2. The second kappa shape index (κ2) is 6.76. The Balaban J connectivity index is 1.46. The minimum atomic E-state index is -2.66. The Hall–Kier alpha value is -1.54. The highest BCUT2D eigenvalue weighted by molar-refractivity contribution is 5.77. The summed E-state index contributed by atoms with van der Waals surface area (Å²) >= 11 is 0. The summed E-state index contributed by atoms with van der Waals surface area (Å²) in [4.78, 5) is 15.7. The molecular weight excluding hydrogens is 318 g/mol. The van der Waals surface area contributed by atoms with Gasteiger partial charge in [0.1, 0.15) is 0 Å². The minimum absolute atomic E-state index is 0.00872.